The third kappa shape index (κ3) is 9.98. The van der Waals surface area contributed by atoms with Gasteiger partial charge in [-0.15, -0.1) is 0 Å². The van der Waals surface area contributed by atoms with Gasteiger partial charge in [-0.3, -0.25) is 15.0 Å². The minimum Gasteiger partial charge on any atom is -0.465 e. The second-order valence-electron chi connectivity index (χ2n) is 9.92. The van der Waals surface area contributed by atoms with E-state index in [0.717, 1.165) is 11.1 Å². The van der Waals surface area contributed by atoms with Crippen molar-refractivity contribution >= 4 is 33.6 Å². The number of hydrogen-bond donors (Lipinski definition) is 7. The molecule has 0 spiro atoms. The molecule has 2 atom stereocenters. The number of sulfonamides is 1. The first-order valence-electron chi connectivity index (χ1n) is 13.5. The van der Waals surface area contributed by atoms with E-state index in [1.807, 2.05) is 6.07 Å². The molecule has 2 amide bonds. The van der Waals surface area contributed by atoms with E-state index in [1.54, 1.807) is 42.5 Å². The van der Waals surface area contributed by atoms with Crippen LogP contribution in [0.15, 0.2) is 72.8 Å². The van der Waals surface area contributed by atoms with Gasteiger partial charge < -0.3 is 31.9 Å². The molecule has 0 radical (unpaired) electrons. The molecule has 3 aromatic rings. The maximum absolute atomic E-state index is 13.3. The molecular weight excluding hydrogens is 588 g/mol. The van der Waals surface area contributed by atoms with Crippen LogP contribution in [-0.4, -0.2) is 62.9 Å². The van der Waals surface area contributed by atoms with E-state index in [0.29, 0.717) is 16.7 Å². The molecule has 0 saturated heterocycles. The number of benzene rings is 3. The lowest BCUT2D eigenvalue weighted by molar-refractivity contribution is -0.130. The van der Waals surface area contributed by atoms with Crippen molar-refractivity contribution in [3.05, 3.63) is 106 Å². The second-order valence-corrected chi connectivity index (χ2v) is 11.7. The van der Waals surface area contributed by atoms with Crippen LogP contribution in [0.2, 0.25) is 0 Å². The van der Waals surface area contributed by atoms with Gasteiger partial charge in [0, 0.05) is 25.1 Å². The number of nitrogens with two attached hydrogens (primary N) is 2. The zero-order valence-corrected chi connectivity index (χ0v) is 24.9. The third-order valence-corrected chi connectivity index (χ3v) is 7.94. The number of hydrogen-bond acceptors (Lipinski definition) is 9. The predicted molar refractivity (Wildman–Crippen MR) is 164 cm³/mol. The highest BCUT2D eigenvalue weighted by atomic mass is 32.2. The summed E-state index contributed by atoms with van der Waals surface area (Å²) in [5.41, 5.74) is 14.6. The number of esters is 1. The highest BCUT2D eigenvalue weighted by molar-refractivity contribution is 7.88. The lowest BCUT2D eigenvalue weighted by atomic mass is 10.0. The summed E-state index contributed by atoms with van der Waals surface area (Å²) in [7, 11) is -2.91. The maximum atomic E-state index is 13.3. The largest absolute Gasteiger partial charge is 0.465 e. The summed E-state index contributed by atoms with van der Waals surface area (Å²) in [5, 5.41) is 22.7. The number of amidine groups is 1. The van der Waals surface area contributed by atoms with Gasteiger partial charge in [0.25, 0.3) is 0 Å². The fourth-order valence-electron chi connectivity index (χ4n) is 4.22. The number of aliphatic hydroxyl groups excluding tert-OH is 1. The van der Waals surface area contributed by atoms with Gasteiger partial charge >= 0.3 is 5.97 Å². The zero-order chi connectivity index (χ0) is 32.3. The normalized spacial score (nSPS) is 12.5. The third-order valence-electron chi connectivity index (χ3n) is 6.58. The Labute approximate surface area is 255 Å². The van der Waals surface area contributed by atoms with E-state index in [9.17, 15) is 27.9 Å². The monoisotopic (exact) mass is 624 g/mol. The molecular formula is C30H36N6O7S. The van der Waals surface area contributed by atoms with Crippen LogP contribution in [0.5, 0.6) is 0 Å². The quantitative estimate of drug-likeness (QED) is 0.0687. The highest BCUT2D eigenvalue weighted by Crippen LogP contribution is 2.11. The number of rotatable bonds is 15. The summed E-state index contributed by atoms with van der Waals surface area (Å²) in [5.74, 6) is -2.64. The molecule has 3 rings (SSSR count). The molecule has 9 N–H and O–H groups in total. The summed E-state index contributed by atoms with van der Waals surface area (Å²) in [6.07, 6.45) is 0.0616. The topological polar surface area (TPSA) is 227 Å². The van der Waals surface area contributed by atoms with E-state index in [2.05, 4.69) is 20.1 Å². The molecule has 0 bridgehead atoms. The highest BCUT2D eigenvalue weighted by Gasteiger charge is 2.29. The molecule has 234 valence electrons. The fourth-order valence-corrected chi connectivity index (χ4v) is 5.55. The van der Waals surface area contributed by atoms with Crippen LogP contribution in [-0.2, 0) is 49.6 Å². The minimum atomic E-state index is -4.13. The van der Waals surface area contributed by atoms with Crippen LogP contribution in [0.25, 0.3) is 0 Å². The Morgan fingerprint density at radius 2 is 1.50 bits per heavy atom. The molecule has 0 saturated carbocycles. The Morgan fingerprint density at radius 1 is 0.886 bits per heavy atom. The number of aliphatic hydroxyl groups is 1. The number of nitrogens with one attached hydrogen (secondary N) is 4. The van der Waals surface area contributed by atoms with Crippen molar-refractivity contribution < 1.29 is 32.6 Å². The van der Waals surface area contributed by atoms with E-state index >= 15 is 0 Å². The van der Waals surface area contributed by atoms with Gasteiger partial charge in [-0.1, -0.05) is 60.7 Å². The summed E-state index contributed by atoms with van der Waals surface area (Å²) in [4.78, 5) is 38.1. The predicted octanol–water partition coefficient (Wildman–Crippen LogP) is 0.0402. The van der Waals surface area contributed by atoms with E-state index in [1.165, 1.54) is 31.4 Å². The molecule has 0 aliphatic rings. The fraction of sp³-hybridized carbons (Fsp3) is 0.267. The molecule has 3 aromatic carbocycles. The molecule has 44 heavy (non-hydrogen) atoms. The van der Waals surface area contributed by atoms with Crippen molar-refractivity contribution in [1.29, 1.82) is 5.41 Å². The van der Waals surface area contributed by atoms with Gasteiger partial charge in [0.2, 0.25) is 21.8 Å². The first-order valence-corrected chi connectivity index (χ1v) is 15.2. The average Bonchev–Trinajstić information content (AvgIpc) is 3.02. The Hall–Kier alpha value is -4.63. The number of amides is 2. The maximum Gasteiger partial charge on any atom is 0.337 e. The van der Waals surface area contributed by atoms with Gasteiger partial charge in [0.05, 0.1) is 25.0 Å². The number of methoxy groups -OCH3 is 1. The Kier molecular flexibility index (Phi) is 12.1. The average molecular weight is 625 g/mol. The summed E-state index contributed by atoms with van der Waals surface area (Å²) < 4.78 is 32.5. The molecule has 0 heterocycles. The number of carbonyl (C=O) groups excluding carboxylic acids is 3. The van der Waals surface area contributed by atoms with E-state index < -0.39 is 52.3 Å². The van der Waals surface area contributed by atoms with Crippen molar-refractivity contribution in [2.24, 2.45) is 11.5 Å². The molecule has 0 aliphatic carbocycles. The second kappa shape index (κ2) is 15.7. The van der Waals surface area contributed by atoms with Gasteiger partial charge in [0.15, 0.2) is 0 Å². The van der Waals surface area contributed by atoms with E-state index in [4.69, 9.17) is 16.9 Å². The summed E-state index contributed by atoms with van der Waals surface area (Å²) >= 11 is 0. The Bertz CT molecular complexity index is 1580. The molecule has 14 heteroatoms. The molecule has 2 unspecified atom stereocenters. The smallest absolute Gasteiger partial charge is 0.337 e. The summed E-state index contributed by atoms with van der Waals surface area (Å²) in [6, 6.07) is 16.8. The Morgan fingerprint density at radius 3 is 2.09 bits per heavy atom. The van der Waals surface area contributed by atoms with Crippen LogP contribution in [0, 0.1) is 5.41 Å². The van der Waals surface area contributed by atoms with Crippen LogP contribution in [0.3, 0.4) is 0 Å². The lowest BCUT2D eigenvalue weighted by Crippen LogP contribution is -2.55. The minimum absolute atomic E-state index is 0.0616. The van der Waals surface area contributed by atoms with Gasteiger partial charge in [-0.25, -0.2) is 17.9 Å². The van der Waals surface area contributed by atoms with Crippen LogP contribution >= 0.6 is 0 Å². The molecule has 0 fully saturated rings. The van der Waals surface area contributed by atoms with Crippen molar-refractivity contribution in [2.45, 2.75) is 37.3 Å². The number of ether oxygens (including phenoxy) is 1. The van der Waals surface area contributed by atoms with E-state index in [-0.39, 0.29) is 30.9 Å². The molecule has 0 aliphatic heterocycles. The standard InChI is InChI=1S/C30H36N6O7S/c1-43-30(40)24-11-7-20(8-12-24)18-44(41,42)36-26(17-37)29(39)35-25(14-21-3-2-4-22(13-21)15-31)28(38)34-16-19-5-9-23(10-6-19)27(32)33/h2-13,25-26,36-37H,14-18,31H2,1H3,(H3,32,33)(H,34,38)(H,35,39). The van der Waals surface area contributed by atoms with Crippen LogP contribution in [0.4, 0.5) is 0 Å². The van der Waals surface area contributed by atoms with Gasteiger partial charge in [-0.2, -0.15) is 0 Å². The Balaban J connectivity index is 1.73. The summed E-state index contributed by atoms with van der Waals surface area (Å²) in [6.45, 7) is -0.490. The lowest BCUT2D eigenvalue weighted by Gasteiger charge is -2.22. The SMILES string of the molecule is COC(=O)c1ccc(CS(=O)(=O)NC(CO)C(=O)NC(Cc2cccc(CN)c2)C(=O)NCc2ccc(C(=N)N)cc2)cc1. The first kappa shape index (κ1) is 33.9. The van der Waals surface area contributed by atoms with Crippen molar-refractivity contribution in [3.8, 4) is 0 Å². The van der Waals surface area contributed by atoms with Crippen LogP contribution in [0.1, 0.15) is 38.2 Å². The van der Waals surface area contributed by atoms with Crippen LogP contribution < -0.4 is 26.8 Å². The molecule has 13 nitrogen and oxygen atoms in total. The zero-order valence-electron chi connectivity index (χ0n) is 24.1. The molecule has 0 aromatic heterocycles. The number of carbonyl (C=O) groups is 3. The van der Waals surface area contributed by atoms with Crippen molar-refractivity contribution in [3.63, 3.8) is 0 Å². The van der Waals surface area contributed by atoms with Gasteiger partial charge in [-0.05, 0) is 34.4 Å². The van der Waals surface area contributed by atoms with Crippen molar-refractivity contribution in [2.75, 3.05) is 13.7 Å². The van der Waals surface area contributed by atoms with Gasteiger partial charge in [0.1, 0.15) is 17.9 Å². The number of nitrogen functional groups attached to an aromatic ring is 1. The first-order chi connectivity index (χ1) is 20.9. The van der Waals surface area contributed by atoms with Crippen molar-refractivity contribution in [1.82, 2.24) is 15.4 Å².